The van der Waals surface area contributed by atoms with Crippen molar-refractivity contribution in [3.8, 4) is 5.69 Å². The highest BCUT2D eigenvalue weighted by Crippen LogP contribution is 2.16. The molecule has 1 heterocycles. The first kappa shape index (κ1) is 17.7. The van der Waals surface area contributed by atoms with E-state index in [2.05, 4.69) is 15.4 Å². The topological polar surface area (TPSA) is 93.9 Å². The molecule has 0 spiro atoms. The number of aromatic nitrogens is 3. The molecule has 0 radical (unpaired) electrons. The number of nitrogens with zero attached hydrogens (tertiary/aromatic N) is 3. The third-order valence-electron chi connectivity index (χ3n) is 3.56. The van der Waals surface area contributed by atoms with Gasteiger partial charge in [-0.15, -0.1) is 5.10 Å². The molecule has 7 nitrogen and oxygen atoms in total. The van der Waals surface area contributed by atoms with E-state index in [1.165, 1.54) is 47.1 Å². The van der Waals surface area contributed by atoms with Crippen LogP contribution in [-0.2, 0) is 9.84 Å². The fourth-order valence-corrected chi connectivity index (χ4v) is 2.97. The highest BCUT2D eigenvalue weighted by Gasteiger charge is 2.16. The van der Waals surface area contributed by atoms with E-state index >= 15 is 0 Å². The molecule has 2 aromatic carbocycles. The summed E-state index contributed by atoms with van der Waals surface area (Å²) < 4.78 is 37.7. The maximum absolute atomic E-state index is 13.0. The van der Waals surface area contributed by atoms with Gasteiger partial charge in [0.1, 0.15) is 11.6 Å². The van der Waals surface area contributed by atoms with Crippen LogP contribution in [0.15, 0.2) is 53.4 Å². The van der Waals surface area contributed by atoms with E-state index in [0.717, 1.165) is 6.26 Å². The fraction of sp³-hybridized carbons (Fsp3) is 0.118. The number of hydrogen-bond acceptors (Lipinski definition) is 5. The molecular formula is C17H15FN4O3S. The number of halogens is 1. The zero-order valence-electron chi connectivity index (χ0n) is 14.0. The molecule has 1 amide bonds. The van der Waals surface area contributed by atoms with Gasteiger partial charge in [-0.25, -0.2) is 22.5 Å². The monoisotopic (exact) mass is 374 g/mol. The summed E-state index contributed by atoms with van der Waals surface area (Å²) >= 11 is 0. The number of carbonyl (C=O) groups is 1. The summed E-state index contributed by atoms with van der Waals surface area (Å²) in [6.07, 6.45) is 1.09. The Bertz CT molecular complexity index is 1080. The number of anilines is 1. The Hall–Kier alpha value is -3.07. The lowest BCUT2D eigenvalue weighted by atomic mass is 10.3. The standard InChI is InChI=1S/C17H15FN4O3S/c1-11-19-16(21-22(11)14-8-6-12(18)7-9-14)17(23)20-13-4-3-5-15(10-13)26(2,24)25/h3-10H,1-2H3,(H,20,23). The lowest BCUT2D eigenvalue weighted by molar-refractivity contribution is 0.101. The summed E-state index contributed by atoms with van der Waals surface area (Å²) in [4.78, 5) is 16.6. The number of carbonyl (C=O) groups excluding carboxylic acids is 1. The van der Waals surface area contributed by atoms with Crippen LogP contribution >= 0.6 is 0 Å². The van der Waals surface area contributed by atoms with Crippen molar-refractivity contribution in [2.75, 3.05) is 11.6 Å². The fourth-order valence-electron chi connectivity index (χ4n) is 2.30. The quantitative estimate of drug-likeness (QED) is 0.757. The van der Waals surface area contributed by atoms with Gasteiger partial charge in [-0.3, -0.25) is 4.79 Å². The van der Waals surface area contributed by atoms with Gasteiger partial charge < -0.3 is 5.32 Å². The van der Waals surface area contributed by atoms with Crippen molar-refractivity contribution >= 4 is 21.4 Å². The van der Waals surface area contributed by atoms with Crippen LogP contribution in [0.5, 0.6) is 0 Å². The molecule has 9 heteroatoms. The van der Waals surface area contributed by atoms with Crippen molar-refractivity contribution in [3.63, 3.8) is 0 Å². The smallest absolute Gasteiger partial charge is 0.295 e. The molecule has 0 fully saturated rings. The third kappa shape index (κ3) is 3.77. The van der Waals surface area contributed by atoms with Crippen molar-refractivity contribution in [2.24, 2.45) is 0 Å². The van der Waals surface area contributed by atoms with E-state index in [-0.39, 0.29) is 16.5 Å². The van der Waals surface area contributed by atoms with Gasteiger partial charge in [0.05, 0.1) is 10.6 Å². The average molecular weight is 374 g/mol. The Kier molecular flexibility index (Phi) is 4.56. The molecule has 3 aromatic rings. The molecule has 3 rings (SSSR count). The molecule has 0 saturated carbocycles. The van der Waals surface area contributed by atoms with Crippen LogP contribution in [0.3, 0.4) is 0 Å². The summed E-state index contributed by atoms with van der Waals surface area (Å²) in [5, 5.41) is 6.70. The van der Waals surface area contributed by atoms with Crippen molar-refractivity contribution in [1.82, 2.24) is 14.8 Å². The molecule has 1 aromatic heterocycles. The molecule has 0 aliphatic rings. The van der Waals surface area contributed by atoms with Crippen LogP contribution in [0.2, 0.25) is 0 Å². The highest BCUT2D eigenvalue weighted by molar-refractivity contribution is 7.90. The third-order valence-corrected chi connectivity index (χ3v) is 4.67. The Morgan fingerprint density at radius 1 is 1.15 bits per heavy atom. The summed E-state index contributed by atoms with van der Waals surface area (Å²) in [5.41, 5.74) is 0.878. The van der Waals surface area contributed by atoms with Gasteiger partial charge in [0, 0.05) is 11.9 Å². The largest absolute Gasteiger partial charge is 0.319 e. The van der Waals surface area contributed by atoms with E-state index in [4.69, 9.17) is 0 Å². The van der Waals surface area contributed by atoms with Gasteiger partial charge in [-0.2, -0.15) is 0 Å². The van der Waals surface area contributed by atoms with Crippen LogP contribution in [-0.4, -0.2) is 35.3 Å². The predicted molar refractivity (Wildman–Crippen MR) is 93.6 cm³/mol. The van der Waals surface area contributed by atoms with Crippen molar-refractivity contribution < 1.29 is 17.6 Å². The molecule has 0 aliphatic heterocycles. The number of hydrogen-bond donors (Lipinski definition) is 1. The predicted octanol–water partition coefficient (Wildman–Crippen LogP) is 2.37. The average Bonchev–Trinajstić information content (AvgIpc) is 2.97. The first-order valence-corrected chi connectivity index (χ1v) is 9.44. The minimum atomic E-state index is -3.39. The highest BCUT2D eigenvalue weighted by atomic mass is 32.2. The molecular weight excluding hydrogens is 359 g/mol. The van der Waals surface area contributed by atoms with E-state index < -0.39 is 15.7 Å². The van der Waals surface area contributed by atoms with Gasteiger partial charge in [0.15, 0.2) is 9.84 Å². The zero-order valence-corrected chi connectivity index (χ0v) is 14.8. The van der Waals surface area contributed by atoms with E-state index in [1.54, 1.807) is 13.0 Å². The van der Waals surface area contributed by atoms with E-state index in [0.29, 0.717) is 17.2 Å². The maximum atomic E-state index is 13.0. The number of nitrogens with one attached hydrogen (secondary N) is 1. The Balaban J connectivity index is 1.85. The SMILES string of the molecule is Cc1nc(C(=O)Nc2cccc(S(C)(=O)=O)c2)nn1-c1ccc(F)cc1. The van der Waals surface area contributed by atoms with Crippen LogP contribution in [0.25, 0.3) is 5.69 Å². The number of sulfone groups is 1. The zero-order chi connectivity index (χ0) is 18.9. The number of rotatable bonds is 4. The molecule has 26 heavy (non-hydrogen) atoms. The molecule has 1 N–H and O–H groups in total. The lowest BCUT2D eigenvalue weighted by Crippen LogP contribution is -2.14. The molecule has 0 unspecified atom stereocenters. The second-order valence-corrected chi connectivity index (χ2v) is 7.64. The van der Waals surface area contributed by atoms with Crippen molar-refractivity contribution in [1.29, 1.82) is 0 Å². The van der Waals surface area contributed by atoms with Gasteiger partial charge in [-0.1, -0.05) is 6.07 Å². The summed E-state index contributed by atoms with van der Waals surface area (Å²) in [6, 6.07) is 11.5. The van der Waals surface area contributed by atoms with Gasteiger partial charge in [0.25, 0.3) is 5.91 Å². The normalized spacial score (nSPS) is 11.3. The van der Waals surface area contributed by atoms with Crippen LogP contribution in [0.4, 0.5) is 10.1 Å². The summed E-state index contributed by atoms with van der Waals surface area (Å²) in [5.74, 6) is -0.599. The first-order valence-electron chi connectivity index (χ1n) is 7.55. The number of aryl methyl sites for hydroxylation is 1. The van der Waals surface area contributed by atoms with Crippen LogP contribution < -0.4 is 5.32 Å². The van der Waals surface area contributed by atoms with Crippen LogP contribution in [0.1, 0.15) is 16.4 Å². The van der Waals surface area contributed by atoms with Gasteiger partial charge >= 0.3 is 0 Å². The summed E-state index contributed by atoms with van der Waals surface area (Å²) in [7, 11) is -3.39. The number of benzene rings is 2. The first-order chi connectivity index (χ1) is 12.2. The molecule has 0 atom stereocenters. The maximum Gasteiger partial charge on any atom is 0.295 e. The minimum Gasteiger partial charge on any atom is -0.319 e. The number of amides is 1. The second-order valence-electron chi connectivity index (χ2n) is 5.62. The lowest BCUT2D eigenvalue weighted by Gasteiger charge is -2.05. The van der Waals surface area contributed by atoms with Gasteiger partial charge in [-0.05, 0) is 49.4 Å². The van der Waals surface area contributed by atoms with Crippen LogP contribution in [0, 0.1) is 12.7 Å². The second kappa shape index (κ2) is 6.68. The Morgan fingerprint density at radius 2 is 1.85 bits per heavy atom. The molecule has 0 bridgehead atoms. The molecule has 134 valence electrons. The Labute approximate surface area is 149 Å². The van der Waals surface area contributed by atoms with Gasteiger partial charge in [0.2, 0.25) is 5.82 Å². The van der Waals surface area contributed by atoms with Crippen molar-refractivity contribution in [3.05, 3.63) is 66.0 Å². The van der Waals surface area contributed by atoms with E-state index in [1.807, 2.05) is 0 Å². The minimum absolute atomic E-state index is 0.0865. The van der Waals surface area contributed by atoms with Crippen molar-refractivity contribution in [2.45, 2.75) is 11.8 Å². The molecule has 0 aliphatic carbocycles. The van der Waals surface area contributed by atoms with E-state index in [9.17, 15) is 17.6 Å². The Morgan fingerprint density at radius 3 is 2.50 bits per heavy atom. The summed E-state index contributed by atoms with van der Waals surface area (Å²) in [6.45, 7) is 1.66. The molecule has 0 saturated heterocycles.